The Labute approximate surface area is 130 Å². The number of hydrogen-bond donors (Lipinski definition) is 0. The van der Waals surface area contributed by atoms with E-state index in [1.165, 1.54) is 37.7 Å². The Morgan fingerprint density at radius 3 is 2.50 bits per heavy atom. The maximum Gasteiger partial charge on any atom is 0.223 e. The van der Waals surface area contributed by atoms with Gasteiger partial charge in [-0.15, -0.1) is 0 Å². The maximum atomic E-state index is 12.5. The number of aryl methyl sites for hydroxylation is 1. The molecule has 0 bridgehead atoms. The lowest BCUT2D eigenvalue weighted by molar-refractivity contribution is -0.133. The molecule has 0 aromatic heterocycles. The smallest absolute Gasteiger partial charge is 0.223 e. The first-order valence-corrected chi connectivity index (χ1v) is 8.83. The van der Waals surface area contributed by atoms with Crippen molar-refractivity contribution >= 4 is 21.8 Å². The summed E-state index contributed by atoms with van der Waals surface area (Å²) >= 11 is 3.49. The molecule has 3 heteroatoms. The van der Waals surface area contributed by atoms with Crippen molar-refractivity contribution in [2.45, 2.75) is 51.0 Å². The average molecular weight is 338 g/mol. The van der Waals surface area contributed by atoms with E-state index in [4.69, 9.17) is 0 Å². The van der Waals surface area contributed by atoms with Gasteiger partial charge in [-0.2, -0.15) is 0 Å². The van der Waals surface area contributed by atoms with Crippen molar-refractivity contribution in [1.82, 2.24) is 4.90 Å². The van der Waals surface area contributed by atoms with Crippen LogP contribution in [-0.4, -0.2) is 28.7 Å². The maximum absolute atomic E-state index is 12.5. The second kappa shape index (κ2) is 8.46. The molecule has 0 aliphatic heterocycles. The van der Waals surface area contributed by atoms with E-state index in [-0.39, 0.29) is 0 Å². The summed E-state index contributed by atoms with van der Waals surface area (Å²) in [6, 6.07) is 10.8. The Morgan fingerprint density at radius 1 is 1.15 bits per heavy atom. The van der Waals surface area contributed by atoms with Crippen LogP contribution in [-0.2, 0) is 11.2 Å². The summed E-state index contributed by atoms with van der Waals surface area (Å²) < 4.78 is 0. The van der Waals surface area contributed by atoms with Crippen LogP contribution in [0.3, 0.4) is 0 Å². The lowest BCUT2D eigenvalue weighted by Gasteiger charge is -2.34. The van der Waals surface area contributed by atoms with Crippen LogP contribution in [0.15, 0.2) is 30.3 Å². The molecule has 0 heterocycles. The molecule has 0 atom stereocenters. The van der Waals surface area contributed by atoms with Crippen LogP contribution in [0.1, 0.15) is 44.1 Å². The quantitative estimate of drug-likeness (QED) is 0.713. The first-order chi connectivity index (χ1) is 9.81. The molecule has 1 amide bonds. The van der Waals surface area contributed by atoms with E-state index in [9.17, 15) is 4.79 Å². The molecule has 1 aliphatic rings. The fourth-order valence-corrected chi connectivity index (χ4v) is 3.42. The van der Waals surface area contributed by atoms with Gasteiger partial charge in [0.2, 0.25) is 5.91 Å². The third kappa shape index (κ3) is 4.62. The zero-order valence-electron chi connectivity index (χ0n) is 12.1. The van der Waals surface area contributed by atoms with Gasteiger partial charge >= 0.3 is 0 Å². The number of carbonyl (C=O) groups excluding carboxylic acids is 1. The zero-order valence-corrected chi connectivity index (χ0v) is 13.6. The van der Waals surface area contributed by atoms with Gasteiger partial charge in [-0.25, -0.2) is 0 Å². The third-order valence-corrected chi connectivity index (χ3v) is 4.49. The normalized spacial score (nSPS) is 16.1. The lowest BCUT2D eigenvalue weighted by Crippen LogP contribution is -2.42. The Morgan fingerprint density at radius 2 is 1.85 bits per heavy atom. The van der Waals surface area contributed by atoms with E-state index < -0.39 is 0 Å². The Bertz CT molecular complexity index is 401. The summed E-state index contributed by atoms with van der Waals surface area (Å²) in [5, 5.41) is 0.876. The number of hydrogen-bond acceptors (Lipinski definition) is 1. The average Bonchev–Trinajstić information content (AvgIpc) is 2.52. The van der Waals surface area contributed by atoms with Crippen molar-refractivity contribution < 1.29 is 4.79 Å². The largest absolute Gasteiger partial charge is 0.339 e. The summed E-state index contributed by atoms with van der Waals surface area (Å²) in [6.07, 6.45) is 7.73. The van der Waals surface area contributed by atoms with E-state index in [0.717, 1.165) is 18.3 Å². The van der Waals surface area contributed by atoms with E-state index >= 15 is 0 Å². The van der Waals surface area contributed by atoms with Gasteiger partial charge in [0.1, 0.15) is 0 Å². The minimum absolute atomic E-state index is 0.320. The lowest BCUT2D eigenvalue weighted by atomic mass is 9.94. The highest BCUT2D eigenvalue weighted by Gasteiger charge is 2.24. The van der Waals surface area contributed by atoms with Gasteiger partial charge in [-0.05, 0) is 24.8 Å². The Balaban J connectivity index is 1.89. The predicted molar refractivity (Wildman–Crippen MR) is 87.1 cm³/mol. The van der Waals surface area contributed by atoms with E-state index in [1.54, 1.807) is 0 Å². The second-order valence-corrected chi connectivity index (χ2v) is 6.35. The van der Waals surface area contributed by atoms with Gasteiger partial charge in [-0.3, -0.25) is 4.79 Å². The summed E-state index contributed by atoms with van der Waals surface area (Å²) in [6.45, 7) is 0.846. The molecule has 0 N–H and O–H groups in total. The van der Waals surface area contributed by atoms with E-state index in [1.807, 2.05) is 18.2 Å². The van der Waals surface area contributed by atoms with Crippen LogP contribution in [0, 0.1) is 0 Å². The van der Waals surface area contributed by atoms with E-state index in [2.05, 4.69) is 33.0 Å². The summed E-state index contributed by atoms with van der Waals surface area (Å²) in [5.74, 6) is 0.320. The summed E-state index contributed by atoms with van der Waals surface area (Å²) in [7, 11) is 0. The van der Waals surface area contributed by atoms with Crippen LogP contribution in [0.25, 0.3) is 0 Å². The minimum atomic E-state index is 0.320. The predicted octanol–water partition coefficient (Wildman–Crippen LogP) is 4.18. The first kappa shape index (κ1) is 15.6. The Kier molecular flexibility index (Phi) is 6.58. The van der Waals surface area contributed by atoms with Crippen LogP contribution < -0.4 is 0 Å². The van der Waals surface area contributed by atoms with Crippen LogP contribution >= 0.6 is 15.9 Å². The molecule has 1 aliphatic carbocycles. The number of benzene rings is 1. The molecule has 0 radical (unpaired) electrons. The highest BCUT2D eigenvalue weighted by Crippen LogP contribution is 2.23. The third-order valence-electron chi connectivity index (χ3n) is 4.13. The number of alkyl halides is 1. The number of carbonyl (C=O) groups is 1. The van der Waals surface area contributed by atoms with Crippen molar-refractivity contribution in [2.75, 3.05) is 11.9 Å². The molecule has 110 valence electrons. The summed E-state index contributed by atoms with van der Waals surface area (Å²) in [4.78, 5) is 14.6. The van der Waals surface area contributed by atoms with Gasteiger partial charge < -0.3 is 4.90 Å². The van der Waals surface area contributed by atoms with Crippen molar-refractivity contribution in [2.24, 2.45) is 0 Å². The monoisotopic (exact) mass is 337 g/mol. The highest BCUT2D eigenvalue weighted by atomic mass is 79.9. The second-order valence-electron chi connectivity index (χ2n) is 5.55. The van der Waals surface area contributed by atoms with Gasteiger partial charge in [0.05, 0.1) is 0 Å². The number of amides is 1. The summed E-state index contributed by atoms with van der Waals surface area (Å²) in [5.41, 5.74) is 1.25. The van der Waals surface area contributed by atoms with Crippen LogP contribution in [0.2, 0.25) is 0 Å². The fraction of sp³-hybridized carbons (Fsp3) is 0.588. The molecule has 1 aromatic carbocycles. The molecule has 1 aromatic rings. The zero-order chi connectivity index (χ0) is 14.2. The van der Waals surface area contributed by atoms with Crippen molar-refractivity contribution in [3.63, 3.8) is 0 Å². The molecule has 2 nitrogen and oxygen atoms in total. The molecule has 0 saturated heterocycles. The van der Waals surface area contributed by atoms with E-state index in [0.29, 0.717) is 18.4 Å². The molecular formula is C17H24BrNO. The Hall–Kier alpha value is -0.830. The van der Waals surface area contributed by atoms with Gasteiger partial charge in [-0.1, -0.05) is 65.5 Å². The van der Waals surface area contributed by atoms with Crippen molar-refractivity contribution in [3.05, 3.63) is 35.9 Å². The van der Waals surface area contributed by atoms with Gasteiger partial charge in [0.15, 0.2) is 0 Å². The standard InChI is InChI=1S/C17H24BrNO/c18-13-14-19(16-9-5-2-6-10-16)17(20)12-11-15-7-3-1-4-8-15/h1,3-4,7-8,16H,2,5-6,9-14H2. The molecule has 0 unspecified atom stereocenters. The fourth-order valence-electron chi connectivity index (χ4n) is 3.03. The van der Waals surface area contributed by atoms with Gasteiger partial charge in [0.25, 0.3) is 0 Å². The highest BCUT2D eigenvalue weighted by molar-refractivity contribution is 9.09. The molecule has 20 heavy (non-hydrogen) atoms. The SMILES string of the molecule is O=C(CCc1ccccc1)N(CCBr)C1CCCCC1. The topological polar surface area (TPSA) is 20.3 Å². The molecule has 2 rings (SSSR count). The number of nitrogens with zero attached hydrogens (tertiary/aromatic N) is 1. The van der Waals surface area contributed by atoms with Crippen LogP contribution in [0.4, 0.5) is 0 Å². The van der Waals surface area contributed by atoms with Crippen LogP contribution in [0.5, 0.6) is 0 Å². The molecular weight excluding hydrogens is 314 g/mol. The first-order valence-electron chi connectivity index (χ1n) is 7.70. The molecule has 1 fully saturated rings. The number of rotatable bonds is 6. The minimum Gasteiger partial charge on any atom is -0.339 e. The molecule has 0 spiro atoms. The van der Waals surface area contributed by atoms with Gasteiger partial charge in [0, 0.05) is 24.3 Å². The molecule has 1 saturated carbocycles. The number of halogens is 1. The van der Waals surface area contributed by atoms with Crippen molar-refractivity contribution in [3.8, 4) is 0 Å². The van der Waals surface area contributed by atoms with Crippen molar-refractivity contribution in [1.29, 1.82) is 0 Å².